The van der Waals surface area contributed by atoms with Gasteiger partial charge in [0.2, 0.25) is 0 Å². The molecule has 2 aliphatic carbocycles. The second-order valence-electron chi connectivity index (χ2n) is 6.91. The first-order valence-electron chi connectivity index (χ1n) is 8.38. The third-order valence-electron chi connectivity index (χ3n) is 5.84. The molecule has 1 aromatic rings. The summed E-state index contributed by atoms with van der Waals surface area (Å²) >= 11 is 0. The van der Waals surface area contributed by atoms with Crippen molar-refractivity contribution >= 4 is 5.91 Å². The van der Waals surface area contributed by atoms with Gasteiger partial charge in [0.25, 0.3) is 5.91 Å². The summed E-state index contributed by atoms with van der Waals surface area (Å²) in [5.74, 6) is 1.30. The fourth-order valence-electron chi connectivity index (χ4n) is 4.75. The third kappa shape index (κ3) is 2.25. The minimum atomic E-state index is -0.497. The molecule has 2 fully saturated rings. The number of amides is 1. The molecule has 4 heteroatoms. The Hall–Kier alpha value is -1.39. The predicted molar refractivity (Wildman–Crippen MR) is 82.2 cm³/mol. The van der Waals surface area contributed by atoms with Gasteiger partial charge in [-0.3, -0.25) is 4.79 Å². The lowest BCUT2D eigenvalue weighted by Crippen LogP contribution is -2.47. The molecule has 1 heterocycles. The van der Waals surface area contributed by atoms with Gasteiger partial charge in [-0.1, -0.05) is 24.3 Å². The summed E-state index contributed by atoms with van der Waals surface area (Å²) in [6.45, 7) is 0.767. The van der Waals surface area contributed by atoms with Gasteiger partial charge in [0.1, 0.15) is 0 Å². The zero-order valence-corrected chi connectivity index (χ0v) is 12.7. The number of rotatable bonds is 3. The summed E-state index contributed by atoms with van der Waals surface area (Å²) in [6.07, 6.45) is 3.90. The highest BCUT2D eigenvalue weighted by Gasteiger charge is 2.48. The molecule has 1 aromatic carbocycles. The number of nitrogens with one attached hydrogen (secondary N) is 1. The van der Waals surface area contributed by atoms with Gasteiger partial charge in [0.15, 0.2) is 6.10 Å². The summed E-state index contributed by atoms with van der Waals surface area (Å²) in [5.41, 5.74) is 2.20. The first-order valence-corrected chi connectivity index (χ1v) is 8.38. The van der Waals surface area contributed by atoms with E-state index in [0.29, 0.717) is 18.4 Å². The summed E-state index contributed by atoms with van der Waals surface area (Å²) < 4.78 is 5.75. The Kier molecular flexibility index (Phi) is 3.66. The molecule has 4 rings (SSSR count). The van der Waals surface area contributed by atoms with Crippen LogP contribution in [0.2, 0.25) is 0 Å². The molecule has 1 amide bonds. The molecule has 1 aliphatic heterocycles. The smallest absolute Gasteiger partial charge is 0.254 e. The van der Waals surface area contributed by atoms with Crippen LogP contribution in [0.5, 0.6) is 0 Å². The summed E-state index contributed by atoms with van der Waals surface area (Å²) in [4.78, 5) is 12.7. The SMILES string of the molecule is O=C(N[C@@H]1[C@H]2CC[C@@H](C2)[C@@H]1CO)[C@H]1OCCc2ccccc21. The Morgan fingerprint density at radius 3 is 2.95 bits per heavy atom. The molecule has 4 nitrogen and oxygen atoms in total. The van der Waals surface area contributed by atoms with E-state index in [-0.39, 0.29) is 24.5 Å². The Bertz CT molecular complexity index is 573. The lowest BCUT2D eigenvalue weighted by molar-refractivity contribution is -0.135. The molecule has 0 unspecified atom stereocenters. The number of aliphatic hydroxyl groups is 1. The van der Waals surface area contributed by atoms with E-state index in [2.05, 4.69) is 11.4 Å². The first kappa shape index (κ1) is 14.2. The average molecular weight is 301 g/mol. The fraction of sp³-hybridized carbons (Fsp3) is 0.611. The van der Waals surface area contributed by atoms with Gasteiger partial charge >= 0.3 is 0 Å². The Morgan fingerprint density at radius 1 is 1.27 bits per heavy atom. The maximum absolute atomic E-state index is 12.7. The van der Waals surface area contributed by atoms with Gasteiger partial charge in [-0.2, -0.15) is 0 Å². The van der Waals surface area contributed by atoms with E-state index in [1.807, 2.05) is 18.2 Å². The zero-order chi connectivity index (χ0) is 15.1. The van der Waals surface area contributed by atoms with Crippen molar-refractivity contribution in [3.8, 4) is 0 Å². The number of hydrogen-bond donors (Lipinski definition) is 2. The van der Waals surface area contributed by atoms with Crippen LogP contribution >= 0.6 is 0 Å². The standard InChI is InChI=1S/C18H23NO3/c20-10-15-12-5-6-13(9-12)16(15)19-18(21)17-14-4-2-1-3-11(14)7-8-22-17/h1-4,12-13,15-17,20H,5-10H2,(H,19,21)/t12-,13-,15-,16+,17-/m0/s1. The molecule has 2 bridgehead atoms. The van der Waals surface area contributed by atoms with Gasteiger partial charge in [0, 0.05) is 18.6 Å². The number of hydrogen-bond acceptors (Lipinski definition) is 3. The van der Waals surface area contributed by atoms with E-state index in [0.717, 1.165) is 18.4 Å². The highest BCUT2D eigenvalue weighted by molar-refractivity contribution is 5.83. The molecular formula is C18H23NO3. The van der Waals surface area contributed by atoms with Crippen LogP contribution in [0, 0.1) is 17.8 Å². The van der Waals surface area contributed by atoms with E-state index in [1.54, 1.807) is 0 Å². The van der Waals surface area contributed by atoms with Gasteiger partial charge < -0.3 is 15.2 Å². The molecule has 0 saturated heterocycles. The second kappa shape index (κ2) is 5.67. The molecule has 2 saturated carbocycles. The topological polar surface area (TPSA) is 58.6 Å². The molecule has 5 atom stereocenters. The summed E-state index contributed by atoms with van der Waals surface area (Å²) in [7, 11) is 0. The van der Waals surface area contributed by atoms with Crippen LogP contribution in [-0.2, 0) is 16.0 Å². The van der Waals surface area contributed by atoms with E-state index >= 15 is 0 Å². The second-order valence-corrected chi connectivity index (χ2v) is 6.91. The van der Waals surface area contributed by atoms with Gasteiger partial charge in [0.05, 0.1) is 6.61 Å². The summed E-state index contributed by atoms with van der Waals surface area (Å²) in [5, 5.41) is 12.9. The molecule has 118 valence electrons. The Labute approximate surface area is 130 Å². The van der Waals surface area contributed by atoms with Crippen LogP contribution in [0.4, 0.5) is 0 Å². The average Bonchev–Trinajstić information content (AvgIpc) is 3.15. The van der Waals surface area contributed by atoms with Crippen molar-refractivity contribution in [3.63, 3.8) is 0 Å². The number of ether oxygens (including phenoxy) is 1. The summed E-state index contributed by atoms with van der Waals surface area (Å²) in [6, 6.07) is 8.16. The van der Waals surface area contributed by atoms with Crippen molar-refractivity contribution in [2.24, 2.45) is 17.8 Å². The third-order valence-corrected chi connectivity index (χ3v) is 5.84. The molecule has 0 radical (unpaired) electrons. The minimum Gasteiger partial charge on any atom is -0.396 e. The lowest BCUT2D eigenvalue weighted by atomic mass is 9.84. The highest BCUT2D eigenvalue weighted by Crippen LogP contribution is 2.48. The number of carbonyl (C=O) groups excluding carboxylic acids is 1. The van der Waals surface area contributed by atoms with Crippen molar-refractivity contribution in [1.82, 2.24) is 5.32 Å². The number of fused-ring (bicyclic) bond motifs is 3. The van der Waals surface area contributed by atoms with Crippen LogP contribution in [0.25, 0.3) is 0 Å². The van der Waals surface area contributed by atoms with Gasteiger partial charge in [-0.25, -0.2) is 0 Å². The van der Waals surface area contributed by atoms with Crippen molar-refractivity contribution in [2.75, 3.05) is 13.2 Å². The molecule has 22 heavy (non-hydrogen) atoms. The number of aliphatic hydroxyl groups excluding tert-OH is 1. The molecule has 0 aromatic heterocycles. The molecule has 3 aliphatic rings. The van der Waals surface area contributed by atoms with Crippen LogP contribution in [0.3, 0.4) is 0 Å². The number of benzene rings is 1. The quantitative estimate of drug-likeness (QED) is 0.895. The van der Waals surface area contributed by atoms with Crippen LogP contribution in [0.15, 0.2) is 24.3 Å². The first-order chi connectivity index (χ1) is 10.8. The molecule has 2 N–H and O–H groups in total. The Balaban J connectivity index is 1.51. The van der Waals surface area contributed by atoms with Gasteiger partial charge in [-0.15, -0.1) is 0 Å². The maximum Gasteiger partial charge on any atom is 0.254 e. The van der Waals surface area contributed by atoms with Gasteiger partial charge in [-0.05, 0) is 48.6 Å². The predicted octanol–water partition coefficient (Wildman–Crippen LogP) is 1.82. The van der Waals surface area contributed by atoms with Crippen molar-refractivity contribution in [3.05, 3.63) is 35.4 Å². The Morgan fingerprint density at radius 2 is 2.09 bits per heavy atom. The molecular weight excluding hydrogens is 278 g/mol. The van der Waals surface area contributed by atoms with E-state index in [9.17, 15) is 9.90 Å². The zero-order valence-electron chi connectivity index (χ0n) is 12.7. The van der Waals surface area contributed by atoms with Crippen molar-refractivity contribution < 1.29 is 14.6 Å². The lowest BCUT2D eigenvalue weighted by Gasteiger charge is -2.33. The molecule has 0 spiro atoms. The number of carbonyl (C=O) groups is 1. The van der Waals surface area contributed by atoms with Crippen molar-refractivity contribution in [1.29, 1.82) is 0 Å². The maximum atomic E-state index is 12.7. The highest BCUT2D eigenvalue weighted by atomic mass is 16.5. The largest absolute Gasteiger partial charge is 0.396 e. The van der Waals surface area contributed by atoms with E-state index in [4.69, 9.17) is 4.74 Å². The van der Waals surface area contributed by atoms with Crippen LogP contribution in [0.1, 0.15) is 36.5 Å². The van der Waals surface area contributed by atoms with E-state index < -0.39 is 6.10 Å². The monoisotopic (exact) mass is 301 g/mol. The fourth-order valence-corrected chi connectivity index (χ4v) is 4.75. The van der Waals surface area contributed by atoms with Crippen molar-refractivity contribution in [2.45, 2.75) is 37.8 Å². The normalized spacial score (nSPS) is 36.1. The van der Waals surface area contributed by atoms with Crippen LogP contribution in [-0.4, -0.2) is 30.3 Å². The minimum absolute atomic E-state index is 0.0388. The van der Waals surface area contributed by atoms with E-state index in [1.165, 1.54) is 18.4 Å². The van der Waals surface area contributed by atoms with Crippen LogP contribution < -0.4 is 5.32 Å².